The van der Waals surface area contributed by atoms with Crippen LogP contribution in [0, 0.1) is 46.8 Å². The fraction of sp³-hybridized carbons (Fsp3) is 0.787. The van der Waals surface area contributed by atoms with Crippen molar-refractivity contribution >= 4 is 17.8 Å². The van der Waals surface area contributed by atoms with Crippen molar-refractivity contribution in [1.82, 2.24) is 5.32 Å². The van der Waals surface area contributed by atoms with Crippen LogP contribution in [0.4, 0.5) is 4.79 Å². The van der Waals surface area contributed by atoms with Crippen LogP contribution in [0.25, 0.3) is 0 Å². The maximum Gasteiger partial charge on any atom is 0.407 e. The number of carbonyl (C=O) groups is 3. The van der Waals surface area contributed by atoms with Gasteiger partial charge in [-0.3, -0.25) is 4.79 Å². The predicted molar refractivity (Wildman–Crippen MR) is 295 cm³/mol. The number of alkyl carbamates (subject to hydrolysis) is 1. The SMILES string of the molecule is COC(=O)N[C@H]1[C@@H](C)O[C@@H](O[C@H]2C/C=C(\C)[C@@H]3C=C[C@@H]4[C@@H](O[C@H]5C[C@@H](O[C@H]6C[C@@H](O)[C@@H](O[C@@H]7C[C@@H](O)[C@@H](OC)[C@H](C)O7)[C@H](C)O6)[C@@H](O)[C@H](C)O5)[C@H](C)C[C@H](C)[C@H]4[C@]3(C)/C(O)=C3\C(=O)O[C@]4(C[C@@H](C)C(CO)=C[C@H]4/C=C/2C)C3=O)C[C@]1(C)N. The summed E-state index contributed by atoms with van der Waals surface area (Å²) in [5.41, 5.74) is 4.75. The molecule has 1 amide bonds. The number of ketones is 1. The number of nitrogens with two attached hydrogens (primary N) is 1. The summed E-state index contributed by atoms with van der Waals surface area (Å²) in [5, 5.41) is 60.3. The first kappa shape index (κ1) is 62.9. The van der Waals surface area contributed by atoms with Crippen molar-refractivity contribution in [3.05, 3.63) is 58.4 Å². The van der Waals surface area contributed by atoms with Crippen LogP contribution < -0.4 is 11.1 Å². The number of amides is 1. The van der Waals surface area contributed by atoms with Gasteiger partial charge >= 0.3 is 12.1 Å². The average Bonchev–Trinajstić information content (AvgIpc) is 3.56. The minimum absolute atomic E-state index is 0.0320. The summed E-state index contributed by atoms with van der Waals surface area (Å²) in [7, 11) is 2.79. The molecule has 0 aromatic rings. The summed E-state index contributed by atoms with van der Waals surface area (Å²) in [6.45, 7) is 20.6. The molecule has 4 aliphatic carbocycles. The minimum atomic E-state index is -1.75. The van der Waals surface area contributed by atoms with Crippen molar-refractivity contribution in [2.24, 2.45) is 52.6 Å². The molecule has 27 atom stereocenters. The molecule has 6 fully saturated rings. The predicted octanol–water partition coefficient (Wildman–Crippen LogP) is 5.25. The molecule has 1 saturated carbocycles. The second-order valence-electron chi connectivity index (χ2n) is 25.8. The number of fused-ring (bicyclic) bond motifs is 4. The molecule has 0 aromatic heterocycles. The maximum absolute atomic E-state index is 15.6. The van der Waals surface area contributed by atoms with E-state index in [1.54, 1.807) is 26.8 Å². The number of hydrogen-bond donors (Lipinski definition) is 7. The van der Waals surface area contributed by atoms with Gasteiger partial charge in [0.2, 0.25) is 5.78 Å². The number of allylic oxidation sites excluding steroid dienone is 3. The highest BCUT2D eigenvalue weighted by atomic mass is 16.7. The molecule has 8 N–H and O–H groups in total. The Balaban J connectivity index is 1.00. The van der Waals surface area contributed by atoms with E-state index in [-0.39, 0.29) is 73.7 Å². The Labute approximate surface area is 482 Å². The number of carbonyl (C=O) groups excluding carboxylic acids is 3. The third-order valence-electron chi connectivity index (χ3n) is 19.9. The molecule has 21 heteroatoms. The Kier molecular flexibility index (Phi) is 18.9. The third kappa shape index (κ3) is 11.8. The van der Waals surface area contributed by atoms with Gasteiger partial charge in [-0.15, -0.1) is 0 Å². The molecule has 1 spiro atoms. The summed E-state index contributed by atoms with van der Waals surface area (Å²) in [5.74, 6) is -4.54. The zero-order valence-electron chi connectivity index (χ0n) is 49.9. The fourth-order valence-corrected chi connectivity index (χ4v) is 15.7. The lowest BCUT2D eigenvalue weighted by Gasteiger charge is -2.56. The Hall–Kier alpha value is -3.65. The highest BCUT2D eigenvalue weighted by Crippen LogP contribution is 2.61. The lowest BCUT2D eigenvalue weighted by molar-refractivity contribution is -0.335. The van der Waals surface area contributed by atoms with Crippen molar-refractivity contribution in [3.63, 3.8) is 0 Å². The topological polar surface area (TPSA) is 292 Å². The average molecular weight is 1160 g/mol. The Bertz CT molecular complexity index is 2490. The van der Waals surface area contributed by atoms with Gasteiger partial charge in [-0.1, -0.05) is 63.6 Å². The summed E-state index contributed by atoms with van der Waals surface area (Å²) >= 11 is 0. The first-order valence-corrected chi connectivity index (χ1v) is 29.7. The number of Topliss-reactive ketones (excluding diaryl/α,β-unsaturated/α-hetero) is 1. The summed E-state index contributed by atoms with van der Waals surface area (Å²) in [6, 6.07) is -0.595. The monoisotopic (exact) mass is 1160 g/mol. The summed E-state index contributed by atoms with van der Waals surface area (Å²) in [6.07, 6.45) is -1.16. The van der Waals surface area contributed by atoms with E-state index in [1.807, 2.05) is 47.6 Å². The number of esters is 1. The van der Waals surface area contributed by atoms with Crippen LogP contribution in [0.2, 0.25) is 0 Å². The van der Waals surface area contributed by atoms with Crippen molar-refractivity contribution < 1.29 is 92.0 Å². The smallest absolute Gasteiger partial charge is 0.407 e. The number of aliphatic hydroxyl groups excluding tert-OH is 5. The van der Waals surface area contributed by atoms with Gasteiger partial charge in [0.15, 0.2) is 30.8 Å². The van der Waals surface area contributed by atoms with Gasteiger partial charge in [-0.05, 0) is 96.1 Å². The van der Waals surface area contributed by atoms with Gasteiger partial charge in [0, 0.05) is 67.9 Å². The number of rotatable bonds is 11. The number of methoxy groups -OCH3 is 2. The Morgan fingerprint density at radius 1 is 0.744 bits per heavy atom. The second-order valence-corrected chi connectivity index (χ2v) is 25.8. The van der Waals surface area contributed by atoms with Crippen molar-refractivity contribution in [2.45, 2.75) is 237 Å². The molecule has 5 saturated heterocycles. The van der Waals surface area contributed by atoms with Crippen LogP contribution in [-0.2, 0) is 61.7 Å². The molecular formula is C61H92N2O19. The highest BCUT2D eigenvalue weighted by Gasteiger charge is 2.64. The van der Waals surface area contributed by atoms with Crippen LogP contribution in [-0.4, -0.2) is 180 Å². The molecule has 9 aliphatic rings. The number of hydrogen-bond acceptors (Lipinski definition) is 20. The molecule has 460 valence electrons. The zero-order valence-corrected chi connectivity index (χ0v) is 49.9. The van der Waals surface area contributed by atoms with Crippen molar-refractivity contribution in [2.75, 3.05) is 20.8 Å². The minimum Gasteiger partial charge on any atom is -0.511 e. The molecule has 5 heterocycles. The van der Waals surface area contributed by atoms with E-state index in [4.69, 9.17) is 57.8 Å². The van der Waals surface area contributed by atoms with Crippen molar-refractivity contribution in [3.8, 4) is 0 Å². The van der Waals surface area contributed by atoms with Gasteiger partial charge in [0.1, 0.15) is 29.6 Å². The Morgan fingerprint density at radius 3 is 2.00 bits per heavy atom. The van der Waals surface area contributed by atoms with Crippen molar-refractivity contribution in [1.29, 1.82) is 0 Å². The molecule has 5 aliphatic heterocycles. The lowest BCUT2D eigenvalue weighted by Crippen LogP contribution is -2.66. The van der Waals surface area contributed by atoms with E-state index in [2.05, 4.69) is 37.4 Å². The van der Waals surface area contributed by atoms with E-state index < -0.39 is 157 Å². The van der Waals surface area contributed by atoms with E-state index in [1.165, 1.54) is 14.2 Å². The first-order chi connectivity index (χ1) is 38.6. The number of nitrogens with one attached hydrogen (secondary N) is 1. The second kappa shape index (κ2) is 24.6. The molecule has 0 aromatic carbocycles. The quantitative estimate of drug-likeness (QED) is 0.0789. The van der Waals surface area contributed by atoms with Gasteiger partial charge in [0.25, 0.3) is 0 Å². The fourth-order valence-electron chi connectivity index (χ4n) is 15.7. The molecule has 0 unspecified atom stereocenters. The van der Waals surface area contributed by atoms with Gasteiger partial charge < -0.3 is 88.7 Å². The van der Waals surface area contributed by atoms with Crippen LogP contribution in [0.3, 0.4) is 0 Å². The molecule has 82 heavy (non-hydrogen) atoms. The number of ether oxygens (including phenoxy) is 11. The van der Waals surface area contributed by atoms with E-state index in [9.17, 15) is 35.1 Å². The standard InChI is InChI=1S/C61H92N2O19/c1-27-14-17-42(78-47-25-59(10,62)54(35(9)77-47)63-58(71)73-13)28(2)19-37-20-36(26-64)31(5)24-61(37)56(69)48(57(70)82-61)55(68)60(11)39(27)16-15-38-49(60)29(3)18-30(4)51(38)80-46-23-43(50(67)32(6)74-46)79-44-22-41(66)53(34(8)76-44)81-45-21-40(65)52(72-12)33(7)75-45/h14-16,19-20,29-35,37-47,49-54,64-68H,17-18,21-26,62H2,1-13H3,(H,63,71)/b27-14+,28-19+,55-48+/t29-,30+,31+,32-,33-,34-,35+,37+,38-,39-,40+,41+,42-,43+,44-,45+,46-,47-,49+,50-,51-,52-,53-,54-,59-,60+,61-/m0/s1. The first-order valence-electron chi connectivity index (χ1n) is 29.7. The van der Waals surface area contributed by atoms with Crippen LogP contribution in [0.5, 0.6) is 0 Å². The maximum atomic E-state index is 15.6. The number of aliphatic hydroxyl groups is 5. The third-order valence-corrected chi connectivity index (χ3v) is 19.9. The molecule has 9 rings (SSSR count). The van der Waals surface area contributed by atoms with Gasteiger partial charge in [-0.25, -0.2) is 9.59 Å². The van der Waals surface area contributed by atoms with Crippen LogP contribution in [0.1, 0.15) is 121 Å². The molecule has 2 bridgehead atoms. The van der Waals surface area contributed by atoms with Crippen LogP contribution >= 0.6 is 0 Å². The molecule has 21 nitrogen and oxygen atoms in total. The lowest BCUT2D eigenvalue weighted by atomic mass is 9.49. The molecule has 0 radical (unpaired) electrons. The van der Waals surface area contributed by atoms with E-state index in [0.29, 0.717) is 24.0 Å². The van der Waals surface area contributed by atoms with Gasteiger partial charge in [-0.2, -0.15) is 0 Å². The Morgan fingerprint density at radius 2 is 1.37 bits per heavy atom. The van der Waals surface area contributed by atoms with Crippen LogP contribution in [0.15, 0.2) is 58.4 Å². The largest absolute Gasteiger partial charge is 0.511 e. The highest BCUT2D eigenvalue weighted by molar-refractivity contribution is 6.26. The zero-order chi connectivity index (χ0) is 59.7. The normalized spacial score (nSPS) is 50.3. The van der Waals surface area contributed by atoms with Gasteiger partial charge in [0.05, 0.1) is 74.7 Å². The van der Waals surface area contributed by atoms with E-state index >= 15 is 4.79 Å². The summed E-state index contributed by atoms with van der Waals surface area (Å²) in [4.78, 5) is 42.6. The van der Waals surface area contributed by atoms with E-state index in [0.717, 1.165) is 5.57 Å². The summed E-state index contributed by atoms with van der Waals surface area (Å²) < 4.78 is 68.4. The molecular weight excluding hydrogens is 1060 g/mol.